The van der Waals surface area contributed by atoms with E-state index >= 15 is 0 Å². The van der Waals surface area contributed by atoms with E-state index in [-0.39, 0.29) is 5.56 Å². The van der Waals surface area contributed by atoms with Gasteiger partial charge in [-0.25, -0.2) is 0 Å². The van der Waals surface area contributed by atoms with E-state index in [4.69, 9.17) is 0 Å². The molecule has 1 heterocycles. The number of aromatic nitrogens is 1. The molecule has 0 bridgehead atoms. The molecule has 0 spiro atoms. The van der Waals surface area contributed by atoms with Gasteiger partial charge in [0, 0.05) is 19.3 Å². The van der Waals surface area contributed by atoms with E-state index < -0.39 is 0 Å². The molecule has 0 aromatic carbocycles. The molecule has 0 unspecified atom stereocenters. The van der Waals surface area contributed by atoms with Gasteiger partial charge in [0.2, 0.25) is 0 Å². The smallest absolute Gasteiger partial charge is 0.274 e. The van der Waals surface area contributed by atoms with Gasteiger partial charge in [0.15, 0.2) is 0 Å². The second kappa shape index (κ2) is 4.51. The summed E-state index contributed by atoms with van der Waals surface area (Å²) in [7, 11) is 1.79. The molecule has 3 heteroatoms. The van der Waals surface area contributed by atoms with Gasteiger partial charge in [-0.15, -0.1) is 0 Å². The molecule has 0 atom stereocenters. The van der Waals surface area contributed by atoms with Gasteiger partial charge in [0.05, 0.1) is 0 Å². The molecule has 1 saturated carbocycles. The second-order valence-corrected chi connectivity index (χ2v) is 4.18. The number of hydrogen-bond donors (Lipinski definition) is 1. The van der Waals surface area contributed by atoms with Crippen LogP contribution in [0.5, 0.6) is 0 Å². The van der Waals surface area contributed by atoms with Crippen LogP contribution in [0.25, 0.3) is 0 Å². The molecule has 0 amide bonds. The summed E-state index contributed by atoms with van der Waals surface area (Å²) in [4.78, 5) is 12.0. The third-order valence-corrected chi connectivity index (χ3v) is 3.21. The molecule has 0 saturated heterocycles. The molecule has 1 N–H and O–H groups in total. The van der Waals surface area contributed by atoms with Gasteiger partial charge in [0.25, 0.3) is 5.56 Å². The van der Waals surface area contributed by atoms with Crippen LogP contribution in [0.3, 0.4) is 0 Å². The lowest BCUT2D eigenvalue weighted by Gasteiger charge is -2.24. The topological polar surface area (TPSA) is 34.0 Å². The van der Waals surface area contributed by atoms with Crippen LogP contribution in [0.1, 0.15) is 38.1 Å². The monoisotopic (exact) mass is 206 g/mol. The maximum Gasteiger partial charge on any atom is 0.274 e. The van der Waals surface area contributed by atoms with Gasteiger partial charge < -0.3 is 9.88 Å². The van der Waals surface area contributed by atoms with Crippen LogP contribution in [-0.4, -0.2) is 11.6 Å². The van der Waals surface area contributed by atoms with Crippen molar-refractivity contribution in [1.29, 1.82) is 0 Å². The van der Waals surface area contributed by atoms with Gasteiger partial charge in [-0.3, -0.25) is 4.79 Å². The standard InChI is InChI=1S/C12H18N2O/c1-13-11-8-5-9-14(12(11)15)10-6-3-2-4-7-10/h5,8-10,13H,2-4,6-7H2,1H3. The summed E-state index contributed by atoms with van der Waals surface area (Å²) in [5.41, 5.74) is 0.815. The first-order valence-electron chi connectivity index (χ1n) is 5.72. The quantitative estimate of drug-likeness (QED) is 0.806. The molecule has 1 fully saturated rings. The zero-order valence-corrected chi connectivity index (χ0v) is 9.20. The maximum absolute atomic E-state index is 12.0. The summed E-state index contributed by atoms with van der Waals surface area (Å²) in [5.74, 6) is 0. The third kappa shape index (κ3) is 2.06. The Hall–Kier alpha value is -1.25. The number of anilines is 1. The molecule has 1 aliphatic rings. The minimum absolute atomic E-state index is 0.118. The van der Waals surface area contributed by atoms with E-state index in [0.717, 1.165) is 12.8 Å². The fourth-order valence-electron chi connectivity index (χ4n) is 2.35. The van der Waals surface area contributed by atoms with E-state index in [1.165, 1.54) is 19.3 Å². The Balaban J connectivity index is 2.30. The molecule has 82 valence electrons. The predicted molar refractivity (Wildman–Crippen MR) is 62.4 cm³/mol. The van der Waals surface area contributed by atoms with E-state index in [1.54, 1.807) is 7.05 Å². The van der Waals surface area contributed by atoms with Crippen LogP contribution >= 0.6 is 0 Å². The lowest BCUT2D eigenvalue weighted by atomic mass is 9.95. The molecule has 15 heavy (non-hydrogen) atoms. The van der Waals surface area contributed by atoms with Crippen molar-refractivity contribution in [3.8, 4) is 0 Å². The van der Waals surface area contributed by atoms with Crippen molar-refractivity contribution in [2.45, 2.75) is 38.1 Å². The van der Waals surface area contributed by atoms with Crippen molar-refractivity contribution in [2.24, 2.45) is 0 Å². The summed E-state index contributed by atoms with van der Waals surface area (Å²) in [5, 5.41) is 2.94. The van der Waals surface area contributed by atoms with Crippen molar-refractivity contribution in [2.75, 3.05) is 12.4 Å². The number of rotatable bonds is 2. The van der Waals surface area contributed by atoms with Crippen LogP contribution in [-0.2, 0) is 0 Å². The molecule has 1 aliphatic carbocycles. The molecule has 1 aromatic rings. The first-order valence-corrected chi connectivity index (χ1v) is 5.72. The van der Waals surface area contributed by atoms with Crippen molar-refractivity contribution < 1.29 is 0 Å². The average molecular weight is 206 g/mol. The lowest BCUT2D eigenvalue weighted by Crippen LogP contribution is -2.27. The molecule has 2 rings (SSSR count). The van der Waals surface area contributed by atoms with Gasteiger partial charge in [-0.05, 0) is 25.0 Å². The van der Waals surface area contributed by atoms with Crippen molar-refractivity contribution in [1.82, 2.24) is 4.57 Å². The fourth-order valence-corrected chi connectivity index (χ4v) is 2.35. The first-order chi connectivity index (χ1) is 7.33. The van der Waals surface area contributed by atoms with Crippen LogP contribution in [0.2, 0.25) is 0 Å². The Morgan fingerprint density at radius 1 is 1.33 bits per heavy atom. The molecular weight excluding hydrogens is 188 g/mol. The van der Waals surface area contributed by atoms with Gasteiger partial charge in [0.1, 0.15) is 5.69 Å². The summed E-state index contributed by atoms with van der Waals surface area (Å²) in [6, 6.07) is 4.20. The van der Waals surface area contributed by atoms with Crippen LogP contribution in [0.15, 0.2) is 23.1 Å². The van der Waals surface area contributed by atoms with E-state index in [2.05, 4.69) is 5.32 Å². The molecule has 0 aliphatic heterocycles. The Morgan fingerprint density at radius 2 is 2.07 bits per heavy atom. The number of hydrogen-bond acceptors (Lipinski definition) is 2. The summed E-state index contributed by atoms with van der Waals surface area (Å²) in [6.07, 6.45) is 8.03. The first kappa shape index (κ1) is 10.3. The molecule has 3 nitrogen and oxygen atoms in total. The Labute approximate surface area is 90.1 Å². The lowest BCUT2D eigenvalue weighted by molar-refractivity contribution is 0.346. The third-order valence-electron chi connectivity index (χ3n) is 3.21. The molecule has 1 aromatic heterocycles. The van der Waals surface area contributed by atoms with Crippen molar-refractivity contribution >= 4 is 5.69 Å². The molecule has 0 radical (unpaired) electrons. The van der Waals surface area contributed by atoms with E-state index in [0.29, 0.717) is 11.7 Å². The van der Waals surface area contributed by atoms with Crippen molar-refractivity contribution in [3.63, 3.8) is 0 Å². The number of nitrogens with one attached hydrogen (secondary N) is 1. The Morgan fingerprint density at radius 3 is 2.73 bits per heavy atom. The average Bonchev–Trinajstić information content (AvgIpc) is 2.30. The van der Waals surface area contributed by atoms with Gasteiger partial charge >= 0.3 is 0 Å². The zero-order valence-electron chi connectivity index (χ0n) is 9.20. The molecular formula is C12H18N2O. The largest absolute Gasteiger partial charge is 0.384 e. The summed E-state index contributed by atoms with van der Waals surface area (Å²) in [6.45, 7) is 0. The predicted octanol–water partition coefficient (Wildman–Crippen LogP) is 2.40. The number of pyridine rings is 1. The Kier molecular flexibility index (Phi) is 3.09. The van der Waals surface area contributed by atoms with E-state index in [1.807, 2.05) is 22.9 Å². The number of nitrogens with zero attached hydrogens (tertiary/aromatic N) is 1. The van der Waals surface area contributed by atoms with Crippen LogP contribution in [0.4, 0.5) is 5.69 Å². The fraction of sp³-hybridized carbons (Fsp3) is 0.583. The summed E-state index contributed by atoms with van der Waals surface area (Å²) >= 11 is 0. The minimum Gasteiger partial charge on any atom is -0.384 e. The van der Waals surface area contributed by atoms with Crippen molar-refractivity contribution in [3.05, 3.63) is 28.7 Å². The minimum atomic E-state index is 0.118. The highest BCUT2D eigenvalue weighted by Gasteiger charge is 2.16. The highest BCUT2D eigenvalue weighted by Crippen LogP contribution is 2.26. The highest BCUT2D eigenvalue weighted by molar-refractivity contribution is 5.39. The highest BCUT2D eigenvalue weighted by atomic mass is 16.1. The Bertz CT molecular complexity index is 377. The van der Waals surface area contributed by atoms with Crippen LogP contribution in [0, 0.1) is 0 Å². The summed E-state index contributed by atoms with van der Waals surface area (Å²) < 4.78 is 1.89. The maximum atomic E-state index is 12.0. The normalized spacial score (nSPS) is 17.7. The van der Waals surface area contributed by atoms with Gasteiger partial charge in [-0.1, -0.05) is 19.3 Å². The second-order valence-electron chi connectivity index (χ2n) is 4.18. The SMILES string of the molecule is CNc1cccn(C2CCCCC2)c1=O. The van der Waals surface area contributed by atoms with Gasteiger partial charge in [-0.2, -0.15) is 0 Å². The van der Waals surface area contributed by atoms with E-state index in [9.17, 15) is 4.79 Å². The van der Waals surface area contributed by atoms with Crippen LogP contribution < -0.4 is 10.9 Å². The zero-order chi connectivity index (χ0) is 10.7.